The van der Waals surface area contributed by atoms with E-state index in [0.29, 0.717) is 11.8 Å². The van der Waals surface area contributed by atoms with Gasteiger partial charge in [0.05, 0.1) is 12.0 Å². The van der Waals surface area contributed by atoms with Crippen LogP contribution in [0.15, 0.2) is 36.4 Å². The molecule has 0 aliphatic heterocycles. The van der Waals surface area contributed by atoms with Crippen molar-refractivity contribution < 1.29 is 27.9 Å². The van der Waals surface area contributed by atoms with Gasteiger partial charge in [0.1, 0.15) is 11.6 Å². The molecular formula is C21H22F2N2O4. The van der Waals surface area contributed by atoms with Gasteiger partial charge in [-0.1, -0.05) is 17.7 Å². The number of hydrogen-bond acceptors (Lipinski definition) is 4. The summed E-state index contributed by atoms with van der Waals surface area (Å²) in [6.45, 7) is 5.10. The Kier molecular flexibility index (Phi) is 7.41. The van der Waals surface area contributed by atoms with Crippen molar-refractivity contribution in [2.45, 2.75) is 33.3 Å². The number of benzene rings is 2. The molecule has 2 aromatic carbocycles. The van der Waals surface area contributed by atoms with Crippen molar-refractivity contribution in [2.24, 2.45) is 0 Å². The molecule has 0 fully saturated rings. The van der Waals surface area contributed by atoms with E-state index in [-0.39, 0.29) is 18.5 Å². The van der Waals surface area contributed by atoms with Gasteiger partial charge < -0.3 is 15.4 Å². The molecule has 0 saturated carbocycles. The van der Waals surface area contributed by atoms with E-state index in [0.717, 1.165) is 23.3 Å². The second-order valence-electron chi connectivity index (χ2n) is 6.57. The lowest BCUT2D eigenvalue weighted by Crippen LogP contribution is -2.32. The van der Waals surface area contributed by atoms with Crippen molar-refractivity contribution in [3.63, 3.8) is 0 Å². The average molecular weight is 404 g/mol. The molecule has 0 spiro atoms. The predicted octanol–water partition coefficient (Wildman–Crippen LogP) is 3.27. The number of aryl methyl sites for hydroxylation is 2. The van der Waals surface area contributed by atoms with Crippen LogP contribution < -0.4 is 10.6 Å². The van der Waals surface area contributed by atoms with Crippen molar-refractivity contribution in [1.29, 1.82) is 0 Å². The second kappa shape index (κ2) is 9.77. The fraction of sp³-hybridized carbons (Fsp3) is 0.286. The molecule has 2 amide bonds. The SMILES string of the molecule is Cc1ccc(NC(=O)C(C)OC(=O)CCNC(=O)c2ccc(F)cc2F)c(C)c1. The van der Waals surface area contributed by atoms with Crippen LogP contribution in [0.2, 0.25) is 0 Å². The number of esters is 1. The van der Waals surface area contributed by atoms with E-state index in [1.54, 1.807) is 6.07 Å². The third-order valence-corrected chi connectivity index (χ3v) is 4.11. The number of carbonyl (C=O) groups is 3. The number of ether oxygens (including phenoxy) is 1. The van der Waals surface area contributed by atoms with Gasteiger partial charge in [0.25, 0.3) is 11.8 Å². The Hall–Kier alpha value is -3.29. The lowest BCUT2D eigenvalue weighted by Gasteiger charge is -2.15. The summed E-state index contributed by atoms with van der Waals surface area (Å²) in [4.78, 5) is 35.9. The Bertz CT molecular complexity index is 931. The van der Waals surface area contributed by atoms with Crippen LogP contribution in [-0.4, -0.2) is 30.4 Å². The summed E-state index contributed by atoms with van der Waals surface area (Å²) in [5.41, 5.74) is 2.23. The third kappa shape index (κ3) is 6.38. The fourth-order valence-corrected chi connectivity index (χ4v) is 2.54. The quantitative estimate of drug-likeness (QED) is 0.694. The number of carbonyl (C=O) groups excluding carboxylic acids is 3. The van der Waals surface area contributed by atoms with Crippen LogP contribution in [0.1, 0.15) is 34.8 Å². The van der Waals surface area contributed by atoms with Crippen LogP contribution in [-0.2, 0) is 14.3 Å². The van der Waals surface area contributed by atoms with Gasteiger partial charge in [0.2, 0.25) is 0 Å². The molecule has 1 unspecified atom stereocenters. The van der Waals surface area contributed by atoms with E-state index in [1.807, 2.05) is 26.0 Å². The van der Waals surface area contributed by atoms with Crippen molar-refractivity contribution in [3.05, 3.63) is 64.7 Å². The highest BCUT2D eigenvalue weighted by atomic mass is 19.1. The largest absolute Gasteiger partial charge is 0.452 e. The number of rotatable bonds is 7. The molecule has 0 heterocycles. The summed E-state index contributed by atoms with van der Waals surface area (Å²) in [6, 6.07) is 8.10. The molecule has 2 aromatic rings. The van der Waals surface area contributed by atoms with E-state index in [1.165, 1.54) is 6.92 Å². The molecule has 2 rings (SSSR count). The molecule has 6 nitrogen and oxygen atoms in total. The van der Waals surface area contributed by atoms with Gasteiger partial charge in [-0.15, -0.1) is 0 Å². The highest BCUT2D eigenvalue weighted by molar-refractivity contribution is 5.96. The Labute approximate surface area is 167 Å². The van der Waals surface area contributed by atoms with E-state index in [9.17, 15) is 23.2 Å². The maximum absolute atomic E-state index is 13.5. The monoisotopic (exact) mass is 404 g/mol. The number of amides is 2. The first-order chi connectivity index (χ1) is 13.7. The molecule has 0 aliphatic carbocycles. The third-order valence-electron chi connectivity index (χ3n) is 4.11. The van der Waals surface area contributed by atoms with Crippen LogP contribution in [0.3, 0.4) is 0 Å². The summed E-state index contributed by atoms with van der Waals surface area (Å²) < 4.78 is 31.5. The summed E-state index contributed by atoms with van der Waals surface area (Å²) >= 11 is 0. The Morgan fingerprint density at radius 1 is 1.07 bits per heavy atom. The van der Waals surface area contributed by atoms with Gasteiger partial charge in [-0.3, -0.25) is 14.4 Å². The first-order valence-corrected chi connectivity index (χ1v) is 8.98. The molecule has 2 N–H and O–H groups in total. The van der Waals surface area contributed by atoms with E-state index in [4.69, 9.17) is 4.74 Å². The Morgan fingerprint density at radius 3 is 2.45 bits per heavy atom. The second-order valence-corrected chi connectivity index (χ2v) is 6.57. The lowest BCUT2D eigenvalue weighted by molar-refractivity contribution is -0.153. The smallest absolute Gasteiger partial charge is 0.308 e. The number of nitrogens with one attached hydrogen (secondary N) is 2. The molecule has 0 bridgehead atoms. The van der Waals surface area contributed by atoms with Gasteiger partial charge in [0, 0.05) is 18.3 Å². The van der Waals surface area contributed by atoms with Crippen molar-refractivity contribution in [2.75, 3.05) is 11.9 Å². The minimum atomic E-state index is -1.03. The fourth-order valence-electron chi connectivity index (χ4n) is 2.54. The zero-order chi connectivity index (χ0) is 21.6. The summed E-state index contributed by atoms with van der Waals surface area (Å²) in [5.74, 6) is -3.76. The van der Waals surface area contributed by atoms with E-state index >= 15 is 0 Å². The van der Waals surface area contributed by atoms with Gasteiger partial charge in [-0.2, -0.15) is 0 Å². The molecule has 8 heteroatoms. The number of hydrogen-bond donors (Lipinski definition) is 2. The highest BCUT2D eigenvalue weighted by Crippen LogP contribution is 2.16. The van der Waals surface area contributed by atoms with Gasteiger partial charge in [0.15, 0.2) is 6.10 Å². The van der Waals surface area contributed by atoms with Gasteiger partial charge in [-0.05, 0) is 44.5 Å². The van der Waals surface area contributed by atoms with Crippen LogP contribution in [0.4, 0.5) is 14.5 Å². The normalized spacial score (nSPS) is 11.5. The molecule has 0 saturated heterocycles. The zero-order valence-corrected chi connectivity index (χ0v) is 16.3. The maximum Gasteiger partial charge on any atom is 0.308 e. The molecule has 154 valence electrons. The highest BCUT2D eigenvalue weighted by Gasteiger charge is 2.19. The van der Waals surface area contributed by atoms with E-state index < -0.39 is 35.5 Å². The van der Waals surface area contributed by atoms with Crippen LogP contribution in [0.5, 0.6) is 0 Å². The first kappa shape index (κ1) is 22.0. The molecule has 0 aromatic heterocycles. The van der Waals surface area contributed by atoms with Crippen LogP contribution in [0, 0.1) is 25.5 Å². The maximum atomic E-state index is 13.5. The van der Waals surface area contributed by atoms with Gasteiger partial charge >= 0.3 is 5.97 Å². The Balaban J connectivity index is 1.79. The minimum Gasteiger partial charge on any atom is -0.452 e. The topological polar surface area (TPSA) is 84.5 Å². The van der Waals surface area contributed by atoms with E-state index in [2.05, 4.69) is 10.6 Å². The molecule has 1 atom stereocenters. The summed E-state index contributed by atoms with van der Waals surface area (Å²) in [5, 5.41) is 5.03. The summed E-state index contributed by atoms with van der Waals surface area (Å²) in [6.07, 6.45) is -1.25. The van der Waals surface area contributed by atoms with Crippen molar-refractivity contribution in [1.82, 2.24) is 5.32 Å². The van der Waals surface area contributed by atoms with Crippen molar-refractivity contribution >= 4 is 23.5 Å². The Morgan fingerprint density at radius 2 is 1.79 bits per heavy atom. The first-order valence-electron chi connectivity index (χ1n) is 8.98. The van der Waals surface area contributed by atoms with Crippen LogP contribution >= 0.6 is 0 Å². The summed E-state index contributed by atoms with van der Waals surface area (Å²) in [7, 11) is 0. The number of anilines is 1. The zero-order valence-electron chi connectivity index (χ0n) is 16.3. The molecular weight excluding hydrogens is 382 g/mol. The average Bonchev–Trinajstić information content (AvgIpc) is 2.63. The molecule has 29 heavy (non-hydrogen) atoms. The van der Waals surface area contributed by atoms with Crippen molar-refractivity contribution in [3.8, 4) is 0 Å². The molecule has 0 aliphatic rings. The molecule has 0 radical (unpaired) electrons. The van der Waals surface area contributed by atoms with Crippen LogP contribution in [0.25, 0.3) is 0 Å². The predicted molar refractivity (Wildman–Crippen MR) is 103 cm³/mol. The number of halogens is 2. The lowest BCUT2D eigenvalue weighted by atomic mass is 10.1. The van der Waals surface area contributed by atoms with Gasteiger partial charge in [-0.25, -0.2) is 8.78 Å². The minimum absolute atomic E-state index is 0.125. The standard InChI is InChI=1S/C21H22F2N2O4/c1-12-4-7-18(13(2)10-12)25-20(27)14(3)29-19(26)8-9-24-21(28)16-6-5-15(22)11-17(16)23/h4-7,10-11,14H,8-9H2,1-3H3,(H,24,28)(H,25,27).